The first-order chi connectivity index (χ1) is 8.48. The molecule has 0 aromatic carbocycles. The van der Waals surface area contributed by atoms with Crippen LogP contribution in [0, 0.1) is 0 Å². The van der Waals surface area contributed by atoms with E-state index in [0.717, 1.165) is 25.9 Å². The Labute approximate surface area is 107 Å². The van der Waals surface area contributed by atoms with E-state index in [1.165, 1.54) is 12.8 Å². The van der Waals surface area contributed by atoms with Crippen LogP contribution in [0.15, 0.2) is 11.5 Å². The minimum absolute atomic E-state index is 0.233. The van der Waals surface area contributed by atoms with Gasteiger partial charge in [0.15, 0.2) is 0 Å². The number of cyclic esters (lactones) is 1. The molecule has 0 aromatic heterocycles. The highest BCUT2D eigenvalue weighted by atomic mass is 16.8. The van der Waals surface area contributed by atoms with Gasteiger partial charge in [0.1, 0.15) is 5.57 Å². The van der Waals surface area contributed by atoms with Crippen molar-refractivity contribution < 1.29 is 19.4 Å². The number of hydrogen-bond acceptors (Lipinski definition) is 5. The van der Waals surface area contributed by atoms with Crippen LogP contribution in [0.2, 0.25) is 0 Å². The topological polar surface area (TPSA) is 59.0 Å². The Kier molecular flexibility index (Phi) is 3.80. The van der Waals surface area contributed by atoms with Crippen molar-refractivity contribution in [3.05, 3.63) is 11.5 Å². The standard InChI is InChI=1S/C13H21NO4/c1-13(2)17-11(15)10(12(16)18-13)9-14-7-5-3-4-6-8-14/h15H,3-9H2,1-2H3. The number of ether oxygens (including phenoxy) is 2. The lowest BCUT2D eigenvalue weighted by atomic mass is 10.2. The number of hydrogen-bond donors (Lipinski definition) is 1. The summed E-state index contributed by atoms with van der Waals surface area (Å²) >= 11 is 0. The third-order valence-corrected chi connectivity index (χ3v) is 3.27. The summed E-state index contributed by atoms with van der Waals surface area (Å²) in [4.78, 5) is 14.0. The molecular weight excluding hydrogens is 234 g/mol. The Morgan fingerprint density at radius 1 is 1.17 bits per heavy atom. The van der Waals surface area contributed by atoms with Crippen LogP contribution in [0.4, 0.5) is 0 Å². The largest absolute Gasteiger partial charge is 0.480 e. The van der Waals surface area contributed by atoms with Crippen LogP contribution < -0.4 is 0 Å². The molecule has 0 aromatic rings. The SMILES string of the molecule is CC1(C)OC(=O)C(CN2CCCCCC2)=C(O)O1. The molecule has 0 atom stereocenters. The highest BCUT2D eigenvalue weighted by Gasteiger charge is 2.36. The van der Waals surface area contributed by atoms with Crippen molar-refractivity contribution in [2.24, 2.45) is 0 Å². The molecule has 2 aliphatic rings. The highest BCUT2D eigenvalue weighted by Crippen LogP contribution is 2.26. The average Bonchev–Trinajstić information content (AvgIpc) is 2.50. The number of likely N-dealkylation sites (tertiary alicyclic amines) is 1. The molecular formula is C13H21NO4. The Morgan fingerprint density at radius 2 is 1.78 bits per heavy atom. The van der Waals surface area contributed by atoms with Gasteiger partial charge in [0.25, 0.3) is 11.7 Å². The normalized spacial score (nSPS) is 25.3. The van der Waals surface area contributed by atoms with Gasteiger partial charge < -0.3 is 14.6 Å². The molecule has 0 spiro atoms. The van der Waals surface area contributed by atoms with Crippen molar-refractivity contribution >= 4 is 5.97 Å². The highest BCUT2D eigenvalue weighted by molar-refractivity contribution is 5.90. The number of aliphatic hydroxyl groups excluding tert-OH is 1. The molecule has 18 heavy (non-hydrogen) atoms. The molecule has 0 saturated carbocycles. The minimum atomic E-state index is -1.08. The molecule has 5 heteroatoms. The fourth-order valence-electron chi connectivity index (χ4n) is 2.34. The van der Waals surface area contributed by atoms with E-state index in [0.29, 0.717) is 6.54 Å². The summed E-state index contributed by atoms with van der Waals surface area (Å²) in [5, 5.41) is 9.81. The molecule has 0 bridgehead atoms. The van der Waals surface area contributed by atoms with E-state index >= 15 is 0 Å². The molecule has 0 amide bonds. The van der Waals surface area contributed by atoms with E-state index in [1.54, 1.807) is 13.8 Å². The van der Waals surface area contributed by atoms with Crippen molar-refractivity contribution in [1.29, 1.82) is 0 Å². The van der Waals surface area contributed by atoms with Crippen molar-refractivity contribution in [2.45, 2.75) is 45.3 Å². The molecule has 2 heterocycles. The number of rotatable bonds is 2. The summed E-state index contributed by atoms with van der Waals surface area (Å²) in [6.07, 6.45) is 4.73. The zero-order chi connectivity index (χ0) is 13.2. The van der Waals surface area contributed by atoms with Crippen molar-refractivity contribution in [3.8, 4) is 0 Å². The summed E-state index contributed by atoms with van der Waals surface area (Å²) in [6, 6.07) is 0. The molecule has 2 aliphatic heterocycles. The van der Waals surface area contributed by atoms with Gasteiger partial charge in [-0.15, -0.1) is 0 Å². The van der Waals surface area contributed by atoms with Crippen LogP contribution in [0.25, 0.3) is 0 Å². The van der Waals surface area contributed by atoms with E-state index in [9.17, 15) is 9.90 Å². The van der Waals surface area contributed by atoms with E-state index in [-0.39, 0.29) is 11.5 Å². The predicted octanol–water partition coefficient (Wildman–Crippen LogP) is 1.94. The Hall–Kier alpha value is -1.23. The van der Waals surface area contributed by atoms with Crippen LogP contribution >= 0.6 is 0 Å². The quantitative estimate of drug-likeness (QED) is 0.764. The smallest absolute Gasteiger partial charge is 0.345 e. The van der Waals surface area contributed by atoms with Gasteiger partial charge in [0.05, 0.1) is 0 Å². The monoisotopic (exact) mass is 255 g/mol. The number of nitrogens with zero attached hydrogens (tertiary/aromatic N) is 1. The van der Waals surface area contributed by atoms with E-state index < -0.39 is 11.8 Å². The summed E-state index contributed by atoms with van der Waals surface area (Å²) in [6.45, 7) is 5.51. The van der Waals surface area contributed by atoms with Gasteiger partial charge >= 0.3 is 5.97 Å². The number of carbonyl (C=O) groups excluding carboxylic acids is 1. The molecule has 5 nitrogen and oxygen atoms in total. The van der Waals surface area contributed by atoms with Gasteiger partial charge in [-0.2, -0.15) is 0 Å². The number of carbonyl (C=O) groups is 1. The first-order valence-electron chi connectivity index (χ1n) is 6.55. The minimum Gasteiger partial charge on any atom is -0.480 e. The Bertz CT molecular complexity index is 354. The summed E-state index contributed by atoms with van der Waals surface area (Å²) < 4.78 is 10.3. The molecule has 0 radical (unpaired) electrons. The van der Waals surface area contributed by atoms with Gasteiger partial charge in [-0.05, 0) is 25.9 Å². The molecule has 1 fully saturated rings. The lowest BCUT2D eigenvalue weighted by molar-refractivity contribution is -0.222. The van der Waals surface area contributed by atoms with Crippen molar-refractivity contribution in [2.75, 3.05) is 19.6 Å². The van der Waals surface area contributed by atoms with Crippen LogP contribution in [0.1, 0.15) is 39.5 Å². The van der Waals surface area contributed by atoms with Gasteiger partial charge in [-0.3, -0.25) is 4.90 Å². The lowest BCUT2D eigenvalue weighted by Crippen LogP contribution is -2.40. The molecule has 0 unspecified atom stereocenters. The van der Waals surface area contributed by atoms with Crippen molar-refractivity contribution in [3.63, 3.8) is 0 Å². The van der Waals surface area contributed by atoms with Gasteiger partial charge in [-0.1, -0.05) is 12.8 Å². The molecule has 102 valence electrons. The third-order valence-electron chi connectivity index (χ3n) is 3.27. The molecule has 2 rings (SSSR count). The van der Waals surface area contributed by atoms with Crippen LogP contribution in [0.5, 0.6) is 0 Å². The number of aliphatic hydroxyl groups is 1. The summed E-state index contributed by atoms with van der Waals surface area (Å²) in [7, 11) is 0. The molecule has 0 aliphatic carbocycles. The van der Waals surface area contributed by atoms with E-state index in [4.69, 9.17) is 9.47 Å². The van der Waals surface area contributed by atoms with Crippen LogP contribution in [-0.4, -0.2) is 41.4 Å². The van der Waals surface area contributed by atoms with Gasteiger partial charge in [0.2, 0.25) is 0 Å². The maximum Gasteiger partial charge on any atom is 0.345 e. The fraction of sp³-hybridized carbons (Fsp3) is 0.769. The predicted molar refractivity (Wildman–Crippen MR) is 65.8 cm³/mol. The summed E-state index contributed by atoms with van der Waals surface area (Å²) in [5.74, 6) is -1.85. The second-order valence-corrected chi connectivity index (χ2v) is 5.37. The zero-order valence-electron chi connectivity index (χ0n) is 11.1. The van der Waals surface area contributed by atoms with Crippen molar-refractivity contribution in [1.82, 2.24) is 4.90 Å². The maximum absolute atomic E-state index is 11.8. The average molecular weight is 255 g/mol. The summed E-state index contributed by atoms with van der Waals surface area (Å²) in [5.41, 5.74) is 0.233. The second-order valence-electron chi connectivity index (χ2n) is 5.37. The van der Waals surface area contributed by atoms with Crippen LogP contribution in [0.3, 0.4) is 0 Å². The van der Waals surface area contributed by atoms with Gasteiger partial charge in [-0.25, -0.2) is 4.79 Å². The lowest BCUT2D eigenvalue weighted by Gasteiger charge is -2.32. The van der Waals surface area contributed by atoms with E-state index in [1.807, 2.05) is 0 Å². The van der Waals surface area contributed by atoms with E-state index in [2.05, 4.69) is 4.90 Å². The zero-order valence-corrected chi connectivity index (χ0v) is 11.1. The fourth-order valence-corrected chi connectivity index (χ4v) is 2.34. The van der Waals surface area contributed by atoms with Crippen LogP contribution in [-0.2, 0) is 14.3 Å². The molecule has 1 saturated heterocycles. The second kappa shape index (κ2) is 5.18. The van der Waals surface area contributed by atoms with Gasteiger partial charge in [0, 0.05) is 20.4 Å². The first-order valence-corrected chi connectivity index (χ1v) is 6.55. The first kappa shape index (κ1) is 13.2. The number of esters is 1. The molecule has 1 N–H and O–H groups in total. The third kappa shape index (κ3) is 3.16. The maximum atomic E-state index is 11.8. The Balaban J connectivity index is 2.05. The Morgan fingerprint density at radius 3 is 2.33 bits per heavy atom.